The third-order valence-corrected chi connectivity index (χ3v) is 3.25. The van der Waals surface area contributed by atoms with Crippen molar-refractivity contribution in [1.29, 1.82) is 0 Å². The zero-order chi connectivity index (χ0) is 17.6. The summed E-state index contributed by atoms with van der Waals surface area (Å²) in [6.45, 7) is 7.64. The Morgan fingerprint density at radius 3 is 2.48 bits per heavy atom. The molecule has 0 bridgehead atoms. The van der Waals surface area contributed by atoms with Gasteiger partial charge in [0.1, 0.15) is 0 Å². The molecular weight excluding hydrogens is 298 g/mol. The van der Waals surface area contributed by atoms with Gasteiger partial charge in [-0.1, -0.05) is 26.8 Å². The molecule has 0 radical (unpaired) electrons. The average molecular weight is 321 g/mol. The molecule has 0 aliphatic rings. The molecule has 0 unspecified atom stereocenters. The SMILES string of the molecule is Cc1ccc([N+](=O)[O-])cc1NC(=O)CCCNC(=O)C(C)(C)C. The summed E-state index contributed by atoms with van der Waals surface area (Å²) >= 11 is 0. The van der Waals surface area contributed by atoms with Crippen LogP contribution < -0.4 is 10.6 Å². The van der Waals surface area contributed by atoms with Gasteiger partial charge in [0.15, 0.2) is 0 Å². The lowest BCUT2D eigenvalue weighted by atomic mass is 9.96. The van der Waals surface area contributed by atoms with Crippen LogP contribution in [0.3, 0.4) is 0 Å². The van der Waals surface area contributed by atoms with Crippen LogP contribution in [0.15, 0.2) is 18.2 Å². The Bertz CT molecular complexity index is 606. The molecule has 0 fully saturated rings. The number of amides is 2. The molecule has 1 rings (SSSR count). The molecule has 0 aromatic heterocycles. The van der Waals surface area contributed by atoms with Crippen LogP contribution in [0.25, 0.3) is 0 Å². The molecule has 7 heteroatoms. The van der Waals surface area contributed by atoms with Crippen LogP contribution in [0, 0.1) is 22.5 Å². The summed E-state index contributed by atoms with van der Waals surface area (Å²) in [5.74, 6) is -0.300. The van der Waals surface area contributed by atoms with E-state index in [0.717, 1.165) is 5.56 Å². The number of anilines is 1. The zero-order valence-corrected chi connectivity index (χ0v) is 13.9. The van der Waals surface area contributed by atoms with Crippen molar-refractivity contribution in [1.82, 2.24) is 5.32 Å². The largest absolute Gasteiger partial charge is 0.356 e. The summed E-state index contributed by atoms with van der Waals surface area (Å²) < 4.78 is 0. The van der Waals surface area contributed by atoms with Crippen molar-refractivity contribution in [3.63, 3.8) is 0 Å². The van der Waals surface area contributed by atoms with Crippen molar-refractivity contribution >= 4 is 23.2 Å². The van der Waals surface area contributed by atoms with E-state index in [9.17, 15) is 19.7 Å². The predicted molar refractivity (Wildman–Crippen MR) is 88.2 cm³/mol. The molecule has 0 saturated carbocycles. The number of nitrogens with one attached hydrogen (secondary N) is 2. The number of hydrogen-bond donors (Lipinski definition) is 2. The second kappa shape index (κ2) is 7.71. The molecule has 2 N–H and O–H groups in total. The molecule has 23 heavy (non-hydrogen) atoms. The lowest BCUT2D eigenvalue weighted by molar-refractivity contribution is -0.384. The quantitative estimate of drug-likeness (QED) is 0.478. The van der Waals surface area contributed by atoms with Crippen LogP contribution in [0.4, 0.5) is 11.4 Å². The Morgan fingerprint density at radius 2 is 1.91 bits per heavy atom. The van der Waals surface area contributed by atoms with E-state index in [1.54, 1.807) is 13.0 Å². The Balaban J connectivity index is 2.47. The number of rotatable bonds is 6. The Morgan fingerprint density at radius 1 is 1.26 bits per heavy atom. The number of non-ortho nitro benzene ring substituents is 1. The van der Waals surface area contributed by atoms with E-state index in [2.05, 4.69) is 10.6 Å². The molecule has 2 amide bonds. The Hall–Kier alpha value is -2.44. The second-order valence-corrected chi connectivity index (χ2v) is 6.41. The van der Waals surface area contributed by atoms with Gasteiger partial charge in [-0.2, -0.15) is 0 Å². The van der Waals surface area contributed by atoms with E-state index in [1.165, 1.54) is 12.1 Å². The maximum Gasteiger partial charge on any atom is 0.271 e. The number of hydrogen-bond acceptors (Lipinski definition) is 4. The fraction of sp³-hybridized carbons (Fsp3) is 0.500. The third kappa shape index (κ3) is 6.06. The molecule has 0 heterocycles. The highest BCUT2D eigenvalue weighted by atomic mass is 16.6. The molecule has 0 spiro atoms. The monoisotopic (exact) mass is 321 g/mol. The highest BCUT2D eigenvalue weighted by Crippen LogP contribution is 2.22. The highest BCUT2D eigenvalue weighted by Gasteiger charge is 2.20. The molecule has 0 aliphatic carbocycles. The number of nitro groups is 1. The third-order valence-electron chi connectivity index (χ3n) is 3.25. The first-order chi connectivity index (χ1) is 10.6. The number of nitro benzene ring substituents is 1. The van der Waals surface area contributed by atoms with Crippen LogP contribution >= 0.6 is 0 Å². The minimum absolute atomic E-state index is 0.0626. The number of aryl methyl sites for hydroxylation is 1. The van der Waals surface area contributed by atoms with Crippen LogP contribution in [0.1, 0.15) is 39.2 Å². The Labute approximate surface area is 135 Å². The minimum atomic E-state index is -0.503. The van der Waals surface area contributed by atoms with Gasteiger partial charge in [0.25, 0.3) is 5.69 Å². The lowest BCUT2D eigenvalue weighted by Crippen LogP contribution is -2.35. The van der Waals surface area contributed by atoms with E-state index in [-0.39, 0.29) is 23.9 Å². The predicted octanol–water partition coefficient (Wildman–Crippen LogP) is 2.78. The summed E-state index contributed by atoms with van der Waals surface area (Å²) in [5.41, 5.74) is 0.666. The standard InChI is InChI=1S/C16H23N3O4/c1-11-7-8-12(19(22)23)10-13(11)18-14(20)6-5-9-17-15(21)16(2,3)4/h7-8,10H,5-6,9H2,1-4H3,(H,17,21)(H,18,20). The van der Waals surface area contributed by atoms with E-state index < -0.39 is 10.3 Å². The second-order valence-electron chi connectivity index (χ2n) is 6.41. The van der Waals surface area contributed by atoms with Gasteiger partial charge in [-0.3, -0.25) is 19.7 Å². The van der Waals surface area contributed by atoms with Crippen molar-refractivity contribution in [3.8, 4) is 0 Å². The van der Waals surface area contributed by atoms with Gasteiger partial charge in [-0.05, 0) is 18.9 Å². The van der Waals surface area contributed by atoms with Crippen LogP contribution in [-0.2, 0) is 9.59 Å². The summed E-state index contributed by atoms with van der Waals surface area (Å²) in [6, 6.07) is 4.33. The number of benzene rings is 1. The van der Waals surface area contributed by atoms with Crippen LogP contribution in [0.5, 0.6) is 0 Å². The molecule has 0 aliphatic heterocycles. The summed E-state index contributed by atoms with van der Waals surface area (Å²) in [7, 11) is 0. The fourth-order valence-corrected chi connectivity index (χ4v) is 1.79. The average Bonchev–Trinajstić information content (AvgIpc) is 2.44. The summed E-state index contributed by atoms with van der Waals surface area (Å²) in [5, 5.41) is 16.2. The summed E-state index contributed by atoms with van der Waals surface area (Å²) in [6.07, 6.45) is 0.730. The maximum absolute atomic E-state index is 11.9. The van der Waals surface area contributed by atoms with Gasteiger partial charge < -0.3 is 10.6 Å². The van der Waals surface area contributed by atoms with Gasteiger partial charge >= 0.3 is 0 Å². The van der Waals surface area contributed by atoms with Crippen molar-refractivity contribution < 1.29 is 14.5 Å². The van der Waals surface area contributed by atoms with Crippen molar-refractivity contribution in [3.05, 3.63) is 33.9 Å². The van der Waals surface area contributed by atoms with E-state index in [0.29, 0.717) is 18.7 Å². The molecule has 1 aromatic carbocycles. The first-order valence-electron chi connectivity index (χ1n) is 7.44. The van der Waals surface area contributed by atoms with Crippen molar-refractivity contribution in [2.45, 2.75) is 40.5 Å². The van der Waals surface area contributed by atoms with Gasteiger partial charge in [-0.25, -0.2) is 0 Å². The van der Waals surface area contributed by atoms with Crippen molar-refractivity contribution in [2.75, 3.05) is 11.9 Å². The molecule has 0 atom stereocenters. The molecule has 0 saturated heterocycles. The lowest BCUT2D eigenvalue weighted by Gasteiger charge is -2.17. The van der Waals surface area contributed by atoms with Crippen LogP contribution in [0.2, 0.25) is 0 Å². The van der Waals surface area contributed by atoms with Gasteiger partial charge in [-0.15, -0.1) is 0 Å². The van der Waals surface area contributed by atoms with Gasteiger partial charge in [0, 0.05) is 30.5 Å². The van der Waals surface area contributed by atoms with Crippen LogP contribution in [-0.4, -0.2) is 23.3 Å². The minimum Gasteiger partial charge on any atom is -0.356 e. The first kappa shape index (κ1) is 18.6. The summed E-state index contributed by atoms with van der Waals surface area (Å²) in [4.78, 5) is 33.8. The fourth-order valence-electron chi connectivity index (χ4n) is 1.79. The smallest absolute Gasteiger partial charge is 0.271 e. The van der Waals surface area contributed by atoms with E-state index >= 15 is 0 Å². The first-order valence-corrected chi connectivity index (χ1v) is 7.44. The molecular formula is C16H23N3O4. The number of carbonyl (C=O) groups excluding carboxylic acids is 2. The van der Waals surface area contributed by atoms with E-state index in [4.69, 9.17) is 0 Å². The van der Waals surface area contributed by atoms with Crippen molar-refractivity contribution in [2.24, 2.45) is 5.41 Å². The number of carbonyl (C=O) groups is 2. The van der Waals surface area contributed by atoms with Gasteiger partial charge in [0.05, 0.1) is 10.6 Å². The molecule has 1 aromatic rings. The Kier molecular flexibility index (Phi) is 6.24. The molecule has 126 valence electrons. The van der Waals surface area contributed by atoms with Gasteiger partial charge in [0.2, 0.25) is 11.8 Å². The number of nitrogens with zero attached hydrogens (tertiary/aromatic N) is 1. The maximum atomic E-state index is 11.9. The molecule has 7 nitrogen and oxygen atoms in total. The zero-order valence-electron chi connectivity index (χ0n) is 13.9. The topological polar surface area (TPSA) is 101 Å². The highest BCUT2D eigenvalue weighted by molar-refractivity contribution is 5.91. The van der Waals surface area contributed by atoms with E-state index in [1.807, 2.05) is 20.8 Å². The normalized spacial score (nSPS) is 11.0.